The molecule has 0 bridgehead atoms. The van der Waals surface area contributed by atoms with Crippen LogP contribution in [0.15, 0.2) is 5.57 Å². The van der Waals surface area contributed by atoms with E-state index in [2.05, 4.69) is 30.2 Å². The highest BCUT2D eigenvalue weighted by atomic mass is 35.5. The van der Waals surface area contributed by atoms with Crippen molar-refractivity contribution in [3.63, 3.8) is 0 Å². The molecular weight excluding hydrogens is 251 g/mol. The number of halogens is 2. The van der Waals surface area contributed by atoms with Gasteiger partial charge in [-0.3, -0.25) is 0 Å². The van der Waals surface area contributed by atoms with Crippen LogP contribution < -0.4 is 5.32 Å². The first-order valence-corrected chi connectivity index (χ1v) is 6.28. The van der Waals surface area contributed by atoms with Crippen molar-refractivity contribution < 1.29 is 0 Å². The fourth-order valence-corrected chi connectivity index (χ4v) is 2.51. The minimum Gasteiger partial charge on any atom is -0.316 e. The van der Waals surface area contributed by atoms with Crippen molar-refractivity contribution in [2.24, 2.45) is 5.92 Å². The van der Waals surface area contributed by atoms with E-state index in [4.69, 9.17) is 23.2 Å². The largest absolute Gasteiger partial charge is 0.316 e. The van der Waals surface area contributed by atoms with Crippen LogP contribution in [0.4, 0.5) is 0 Å². The first-order chi connectivity index (χ1) is 7.04. The smallest absolute Gasteiger partial charge is 0.185 e. The Bertz CT molecular complexity index is 358. The fourth-order valence-electron chi connectivity index (χ4n) is 1.17. The monoisotopic (exact) mass is 264 g/mol. The van der Waals surface area contributed by atoms with Crippen LogP contribution in [0.2, 0.25) is 9.62 Å². The summed E-state index contributed by atoms with van der Waals surface area (Å²) in [5.41, 5.74) is 1.29. The van der Waals surface area contributed by atoms with E-state index in [1.165, 1.54) is 16.9 Å². The van der Waals surface area contributed by atoms with E-state index in [9.17, 15) is 0 Å². The quantitative estimate of drug-likeness (QED) is 0.897. The van der Waals surface area contributed by atoms with Crippen molar-refractivity contribution in [2.45, 2.75) is 13.8 Å². The van der Waals surface area contributed by atoms with Crippen LogP contribution in [-0.2, 0) is 0 Å². The van der Waals surface area contributed by atoms with Gasteiger partial charge in [-0.05, 0) is 19.0 Å². The summed E-state index contributed by atoms with van der Waals surface area (Å²) >= 11 is 13.1. The van der Waals surface area contributed by atoms with Gasteiger partial charge in [0.25, 0.3) is 0 Å². The number of hydrogen-bond donors (Lipinski definition) is 1. The van der Waals surface area contributed by atoms with Gasteiger partial charge in [-0.2, -0.15) is 0 Å². The Kier molecular flexibility index (Phi) is 5.06. The summed E-state index contributed by atoms with van der Waals surface area (Å²) in [6.45, 7) is 5.16. The second-order valence-corrected chi connectivity index (χ2v) is 5.50. The molecule has 0 unspecified atom stereocenters. The Hall–Kier alpha value is -0.0900. The summed E-state index contributed by atoms with van der Waals surface area (Å²) in [5, 5.41) is 3.62. The van der Waals surface area contributed by atoms with Crippen molar-refractivity contribution >= 4 is 40.6 Å². The number of aromatic nitrogens is 1. The molecule has 0 radical (unpaired) electrons. The molecule has 2 nitrogen and oxygen atoms in total. The molecule has 0 saturated carbocycles. The molecule has 0 amide bonds. The standard InChI is InChI=1S/C10H14Cl2N2S/c1-6(2)7(5-13-3)4-8-9(11)14-10(12)15-8/h4,6,13H,5H2,1-3H3. The zero-order valence-electron chi connectivity index (χ0n) is 8.97. The number of nitrogens with zero attached hydrogens (tertiary/aromatic N) is 1. The summed E-state index contributed by atoms with van der Waals surface area (Å²) in [5.74, 6) is 0.481. The topological polar surface area (TPSA) is 24.9 Å². The summed E-state index contributed by atoms with van der Waals surface area (Å²) < 4.78 is 0.485. The molecule has 0 spiro atoms. The predicted molar refractivity (Wildman–Crippen MR) is 68.9 cm³/mol. The van der Waals surface area contributed by atoms with E-state index in [0.29, 0.717) is 15.5 Å². The first-order valence-electron chi connectivity index (χ1n) is 4.71. The van der Waals surface area contributed by atoms with E-state index in [1.807, 2.05) is 7.05 Å². The van der Waals surface area contributed by atoms with Crippen LogP contribution in [0, 0.1) is 5.92 Å². The Labute approximate surface area is 104 Å². The maximum absolute atomic E-state index is 5.94. The van der Waals surface area contributed by atoms with Crippen LogP contribution in [0.3, 0.4) is 0 Å². The van der Waals surface area contributed by atoms with E-state index in [1.54, 1.807) is 0 Å². The second-order valence-electron chi connectivity index (χ2n) is 3.53. The van der Waals surface area contributed by atoms with E-state index in [0.717, 1.165) is 11.4 Å². The molecule has 0 aliphatic rings. The van der Waals surface area contributed by atoms with Gasteiger partial charge < -0.3 is 5.32 Å². The normalized spacial score (nSPS) is 12.5. The van der Waals surface area contributed by atoms with Gasteiger partial charge in [0.1, 0.15) is 5.15 Å². The molecule has 0 aliphatic heterocycles. The molecule has 15 heavy (non-hydrogen) atoms. The number of likely N-dealkylation sites (N-methyl/N-ethyl adjacent to an activating group) is 1. The average Bonchev–Trinajstić information content (AvgIpc) is 2.44. The highest BCUT2D eigenvalue weighted by Gasteiger charge is 2.08. The molecule has 0 aromatic carbocycles. The Morgan fingerprint density at radius 2 is 2.20 bits per heavy atom. The van der Waals surface area contributed by atoms with Crippen molar-refractivity contribution in [3.8, 4) is 0 Å². The highest BCUT2D eigenvalue weighted by molar-refractivity contribution is 7.17. The van der Waals surface area contributed by atoms with Gasteiger partial charge in [0.2, 0.25) is 0 Å². The van der Waals surface area contributed by atoms with Gasteiger partial charge in [-0.15, -0.1) is 11.3 Å². The average molecular weight is 265 g/mol. The van der Waals surface area contributed by atoms with Gasteiger partial charge >= 0.3 is 0 Å². The summed E-state index contributed by atoms with van der Waals surface area (Å²) in [6.07, 6.45) is 2.06. The highest BCUT2D eigenvalue weighted by Crippen LogP contribution is 2.29. The molecule has 5 heteroatoms. The minimum absolute atomic E-state index is 0.481. The lowest BCUT2D eigenvalue weighted by Gasteiger charge is -2.10. The Morgan fingerprint density at radius 3 is 2.60 bits per heavy atom. The van der Waals surface area contributed by atoms with Crippen molar-refractivity contribution in [1.82, 2.24) is 10.3 Å². The lowest BCUT2D eigenvalue weighted by atomic mass is 10.0. The molecule has 0 saturated heterocycles. The number of nitrogens with one attached hydrogen (secondary N) is 1. The minimum atomic E-state index is 0.481. The van der Waals surface area contributed by atoms with Crippen LogP contribution in [0.1, 0.15) is 18.7 Å². The maximum Gasteiger partial charge on any atom is 0.185 e. The number of rotatable bonds is 4. The number of hydrogen-bond acceptors (Lipinski definition) is 3. The lowest BCUT2D eigenvalue weighted by Crippen LogP contribution is -2.13. The zero-order valence-corrected chi connectivity index (χ0v) is 11.3. The maximum atomic E-state index is 5.94. The molecule has 84 valence electrons. The Balaban J connectivity index is 2.96. The van der Waals surface area contributed by atoms with Crippen LogP contribution >= 0.6 is 34.5 Å². The van der Waals surface area contributed by atoms with Crippen molar-refractivity contribution in [3.05, 3.63) is 20.1 Å². The van der Waals surface area contributed by atoms with Gasteiger partial charge in [0.05, 0.1) is 4.88 Å². The summed E-state index contributed by atoms with van der Waals surface area (Å²) in [6, 6.07) is 0. The van der Waals surface area contributed by atoms with Gasteiger partial charge in [-0.1, -0.05) is 42.6 Å². The molecule has 0 atom stereocenters. The van der Waals surface area contributed by atoms with Crippen LogP contribution in [0.25, 0.3) is 6.08 Å². The molecule has 0 fully saturated rings. The van der Waals surface area contributed by atoms with Gasteiger partial charge in [-0.25, -0.2) is 4.98 Å². The van der Waals surface area contributed by atoms with E-state index >= 15 is 0 Å². The van der Waals surface area contributed by atoms with E-state index < -0.39 is 0 Å². The molecule has 1 aromatic heterocycles. The summed E-state index contributed by atoms with van der Waals surface area (Å²) in [4.78, 5) is 4.90. The second kappa shape index (κ2) is 5.85. The molecule has 0 aliphatic carbocycles. The van der Waals surface area contributed by atoms with Crippen molar-refractivity contribution in [2.75, 3.05) is 13.6 Å². The Morgan fingerprint density at radius 1 is 1.53 bits per heavy atom. The van der Waals surface area contributed by atoms with E-state index in [-0.39, 0.29) is 0 Å². The number of thiazole rings is 1. The third kappa shape index (κ3) is 3.76. The SMILES string of the molecule is CNCC(=Cc1sc(Cl)nc1Cl)C(C)C. The molecule has 1 rings (SSSR count). The van der Waals surface area contributed by atoms with Crippen LogP contribution in [0.5, 0.6) is 0 Å². The predicted octanol–water partition coefficient (Wildman–Crippen LogP) is 3.71. The molecule has 1 aromatic rings. The van der Waals surface area contributed by atoms with Gasteiger partial charge in [0.15, 0.2) is 4.47 Å². The first kappa shape index (κ1) is 13.0. The fraction of sp³-hybridized carbons (Fsp3) is 0.500. The molecule has 1 N–H and O–H groups in total. The molecular formula is C10H14Cl2N2S. The zero-order chi connectivity index (χ0) is 11.4. The summed E-state index contributed by atoms with van der Waals surface area (Å²) in [7, 11) is 1.93. The third-order valence-electron chi connectivity index (χ3n) is 2.02. The van der Waals surface area contributed by atoms with Gasteiger partial charge in [0, 0.05) is 6.54 Å². The van der Waals surface area contributed by atoms with Crippen molar-refractivity contribution in [1.29, 1.82) is 0 Å². The van der Waals surface area contributed by atoms with Crippen LogP contribution in [-0.4, -0.2) is 18.6 Å². The molecule has 1 heterocycles. The third-order valence-corrected chi connectivity index (χ3v) is 3.53. The lowest BCUT2D eigenvalue weighted by molar-refractivity contribution is 0.713.